The fraction of sp³-hybridized carbons (Fsp3) is 0.381. The van der Waals surface area contributed by atoms with Gasteiger partial charge in [-0.3, -0.25) is 4.79 Å². The average Bonchev–Trinajstić information content (AvgIpc) is 3.49. The van der Waals surface area contributed by atoms with Crippen LogP contribution in [0.1, 0.15) is 29.6 Å². The van der Waals surface area contributed by atoms with Crippen molar-refractivity contribution >= 4 is 21.7 Å². The van der Waals surface area contributed by atoms with Crippen molar-refractivity contribution in [2.75, 3.05) is 24.2 Å². The Morgan fingerprint density at radius 1 is 1.27 bits per heavy atom. The third-order valence-corrected chi connectivity index (χ3v) is 5.69. The van der Waals surface area contributed by atoms with Crippen LogP contribution < -0.4 is 15.0 Å². The molecule has 8 nitrogen and oxygen atoms in total. The summed E-state index contributed by atoms with van der Waals surface area (Å²) in [7, 11) is -3.27. The third-order valence-electron chi connectivity index (χ3n) is 5.04. The van der Waals surface area contributed by atoms with E-state index in [0.717, 1.165) is 44.0 Å². The number of sulfone groups is 1. The number of nitrogens with one attached hydrogen (secondary N) is 1. The van der Waals surface area contributed by atoms with Crippen LogP contribution in [0.25, 0.3) is 0 Å². The SMILES string of the molecule is CS(=O)(=O)/C=C/C(NC(=O)c1cnc(N2CCC2)nc1Oc1ccccc1)C1CC1. The lowest BCUT2D eigenvalue weighted by Crippen LogP contribution is -2.39. The van der Waals surface area contributed by atoms with Crippen molar-refractivity contribution in [2.45, 2.75) is 25.3 Å². The molecule has 0 radical (unpaired) electrons. The largest absolute Gasteiger partial charge is 0.438 e. The Morgan fingerprint density at radius 3 is 2.60 bits per heavy atom. The van der Waals surface area contributed by atoms with Gasteiger partial charge in [0.25, 0.3) is 5.91 Å². The molecule has 158 valence electrons. The normalized spacial score (nSPS) is 17.4. The highest BCUT2D eigenvalue weighted by molar-refractivity contribution is 7.93. The van der Waals surface area contributed by atoms with Crippen LogP contribution >= 0.6 is 0 Å². The van der Waals surface area contributed by atoms with Crippen molar-refractivity contribution in [3.05, 3.63) is 53.6 Å². The second-order valence-electron chi connectivity index (χ2n) is 7.64. The van der Waals surface area contributed by atoms with Gasteiger partial charge in [0.1, 0.15) is 11.3 Å². The van der Waals surface area contributed by atoms with Crippen LogP contribution in [0.3, 0.4) is 0 Å². The molecule has 2 aliphatic rings. The summed E-state index contributed by atoms with van der Waals surface area (Å²) in [5.74, 6) is 1.10. The summed E-state index contributed by atoms with van der Waals surface area (Å²) in [6.45, 7) is 1.74. The summed E-state index contributed by atoms with van der Waals surface area (Å²) >= 11 is 0. The highest BCUT2D eigenvalue weighted by atomic mass is 32.2. The van der Waals surface area contributed by atoms with E-state index >= 15 is 0 Å². The third kappa shape index (κ3) is 5.15. The number of nitrogens with zero attached hydrogens (tertiary/aromatic N) is 3. The fourth-order valence-electron chi connectivity index (χ4n) is 3.09. The smallest absolute Gasteiger partial charge is 0.258 e. The highest BCUT2D eigenvalue weighted by Gasteiger charge is 2.32. The number of anilines is 1. The number of ether oxygens (including phenoxy) is 1. The molecule has 2 fully saturated rings. The molecule has 1 N–H and O–H groups in total. The molecule has 2 aromatic rings. The van der Waals surface area contributed by atoms with Gasteiger partial charge in [-0.25, -0.2) is 13.4 Å². The van der Waals surface area contributed by atoms with Gasteiger partial charge >= 0.3 is 0 Å². The van der Waals surface area contributed by atoms with E-state index in [0.29, 0.717) is 11.7 Å². The molecule has 1 aromatic carbocycles. The lowest BCUT2D eigenvalue weighted by Gasteiger charge is -2.31. The second-order valence-corrected chi connectivity index (χ2v) is 9.57. The summed E-state index contributed by atoms with van der Waals surface area (Å²) in [5.41, 5.74) is 0.210. The first kappa shape index (κ1) is 20.3. The molecule has 4 rings (SSSR count). The molecule has 2 heterocycles. The zero-order valence-corrected chi connectivity index (χ0v) is 17.5. The molecule has 0 spiro atoms. The zero-order chi connectivity index (χ0) is 21.1. The molecule has 1 saturated carbocycles. The van der Waals surface area contributed by atoms with Gasteiger partial charge in [-0.1, -0.05) is 24.3 Å². The number of carbonyl (C=O) groups excluding carboxylic acids is 1. The molecule has 1 atom stereocenters. The molecule has 1 saturated heterocycles. The average molecular weight is 429 g/mol. The Balaban J connectivity index is 1.59. The van der Waals surface area contributed by atoms with Crippen LogP contribution in [0.2, 0.25) is 0 Å². The van der Waals surface area contributed by atoms with Gasteiger partial charge in [-0.2, -0.15) is 4.98 Å². The molecule has 1 unspecified atom stereocenters. The molecule has 1 amide bonds. The van der Waals surface area contributed by atoms with Gasteiger partial charge in [-0.15, -0.1) is 0 Å². The fourth-order valence-corrected chi connectivity index (χ4v) is 3.55. The summed E-state index contributed by atoms with van der Waals surface area (Å²) in [5, 5.41) is 4.05. The molecule has 30 heavy (non-hydrogen) atoms. The Hall–Kier alpha value is -2.94. The van der Waals surface area contributed by atoms with Crippen LogP contribution in [-0.2, 0) is 9.84 Å². The van der Waals surface area contributed by atoms with Gasteiger partial charge in [0.2, 0.25) is 11.8 Å². The van der Waals surface area contributed by atoms with E-state index in [1.807, 2.05) is 23.1 Å². The summed E-state index contributed by atoms with van der Waals surface area (Å²) in [4.78, 5) is 23.9. The van der Waals surface area contributed by atoms with Gasteiger partial charge in [0, 0.05) is 31.0 Å². The maximum absolute atomic E-state index is 13.0. The van der Waals surface area contributed by atoms with E-state index in [-0.39, 0.29) is 23.4 Å². The Kier molecular flexibility index (Phi) is 5.72. The van der Waals surface area contributed by atoms with Crippen molar-refractivity contribution < 1.29 is 17.9 Å². The van der Waals surface area contributed by atoms with Crippen molar-refractivity contribution in [1.29, 1.82) is 0 Å². The Bertz CT molecular complexity index is 1050. The lowest BCUT2D eigenvalue weighted by molar-refractivity contribution is 0.0937. The van der Waals surface area contributed by atoms with Gasteiger partial charge in [-0.05, 0) is 37.3 Å². The number of hydrogen-bond donors (Lipinski definition) is 1. The minimum atomic E-state index is -3.27. The van der Waals surface area contributed by atoms with Gasteiger partial charge in [0.05, 0.1) is 6.04 Å². The molecule has 0 bridgehead atoms. The number of hydrogen-bond acceptors (Lipinski definition) is 7. The predicted molar refractivity (Wildman–Crippen MR) is 113 cm³/mol. The first-order chi connectivity index (χ1) is 14.4. The van der Waals surface area contributed by atoms with E-state index < -0.39 is 15.7 Å². The lowest BCUT2D eigenvalue weighted by atomic mass is 10.1. The van der Waals surface area contributed by atoms with E-state index in [2.05, 4.69) is 15.3 Å². The molecule has 1 aliphatic carbocycles. The van der Waals surface area contributed by atoms with E-state index in [9.17, 15) is 13.2 Å². The number of rotatable bonds is 8. The van der Waals surface area contributed by atoms with Crippen LogP contribution in [0.5, 0.6) is 11.6 Å². The monoisotopic (exact) mass is 428 g/mol. The topological polar surface area (TPSA) is 101 Å². The van der Waals surface area contributed by atoms with Gasteiger partial charge < -0.3 is 15.0 Å². The standard InChI is InChI=1S/C21H24N4O4S/c1-30(27,28)13-10-18(15-8-9-15)23-19(26)17-14-22-21(25-11-5-12-25)24-20(17)29-16-6-3-2-4-7-16/h2-4,6-7,10,13-15,18H,5,8-9,11-12H2,1H3,(H,23,26)/b13-10+. The predicted octanol–water partition coefficient (Wildman–Crippen LogP) is 2.55. The second kappa shape index (κ2) is 8.43. The number of aromatic nitrogens is 2. The zero-order valence-electron chi connectivity index (χ0n) is 16.7. The molecule has 1 aromatic heterocycles. The van der Waals surface area contributed by atoms with Crippen LogP contribution in [-0.4, -0.2) is 49.7 Å². The van der Waals surface area contributed by atoms with Crippen LogP contribution in [0, 0.1) is 5.92 Å². The van der Waals surface area contributed by atoms with Crippen molar-refractivity contribution in [1.82, 2.24) is 15.3 Å². The van der Waals surface area contributed by atoms with Crippen molar-refractivity contribution in [2.24, 2.45) is 5.92 Å². The van der Waals surface area contributed by atoms with E-state index in [4.69, 9.17) is 4.74 Å². The van der Waals surface area contributed by atoms with Crippen molar-refractivity contribution in [3.8, 4) is 11.6 Å². The number of benzene rings is 1. The van der Waals surface area contributed by atoms with E-state index in [1.54, 1.807) is 12.1 Å². The first-order valence-corrected chi connectivity index (χ1v) is 11.9. The maximum atomic E-state index is 13.0. The van der Waals surface area contributed by atoms with Crippen LogP contribution in [0.4, 0.5) is 5.95 Å². The molecular weight excluding hydrogens is 404 g/mol. The maximum Gasteiger partial charge on any atom is 0.258 e. The molecule has 9 heteroatoms. The first-order valence-electron chi connectivity index (χ1n) is 9.93. The molecule has 1 aliphatic heterocycles. The van der Waals surface area contributed by atoms with Gasteiger partial charge in [0.15, 0.2) is 9.84 Å². The quantitative estimate of drug-likeness (QED) is 0.689. The van der Waals surface area contributed by atoms with Crippen LogP contribution in [0.15, 0.2) is 48.0 Å². The van der Waals surface area contributed by atoms with E-state index in [1.165, 1.54) is 12.3 Å². The number of para-hydroxylation sites is 1. The summed E-state index contributed by atoms with van der Waals surface area (Å²) in [6.07, 6.45) is 7.10. The summed E-state index contributed by atoms with van der Waals surface area (Å²) in [6, 6.07) is 8.76. The minimum Gasteiger partial charge on any atom is -0.438 e. The molecular formula is C21H24N4O4S. The number of amides is 1. The number of carbonyl (C=O) groups is 1. The Morgan fingerprint density at radius 2 is 2.00 bits per heavy atom. The van der Waals surface area contributed by atoms with Crippen molar-refractivity contribution in [3.63, 3.8) is 0 Å². The summed E-state index contributed by atoms with van der Waals surface area (Å²) < 4.78 is 28.9. The Labute approximate surface area is 175 Å². The highest BCUT2D eigenvalue weighted by Crippen LogP contribution is 2.34. The minimum absolute atomic E-state index is 0.178.